The smallest absolute Gasteiger partial charge is 0.165 e. The third-order valence-corrected chi connectivity index (χ3v) is 3.98. The average Bonchev–Trinajstić information content (AvgIpc) is 3.21. The lowest BCUT2D eigenvalue weighted by atomic mass is 10.1. The quantitative estimate of drug-likeness (QED) is 0.583. The molecule has 4 aromatic rings. The maximum Gasteiger partial charge on any atom is 0.165 e. The van der Waals surface area contributed by atoms with Gasteiger partial charge < -0.3 is 10.8 Å². The Kier molecular flexibility index (Phi) is 3.69. The van der Waals surface area contributed by atoms with Gasteiger partial charge in [0, 0.05) is 35.3 Å². The van der Waals surface area contributed by atoms with Crippen LogP contribution in [0.15, 0.2) is 49.2 Å². The largest absolute Gasteiger partial charge is 0.389 e. The summed E-state index contributed by atoms with van der Waals surface area (Å²) in [5.74, 6) is 0.532. The summed E-state index contributed by atoms with van der Waals surface area (Å²) in [5, 5.41) is 18.5. The first-order valence-electron chi connectivity index (χ1n) is 8.20. The zero-order valence-electron chi connectivity index (χ0n) is 14.5. The van der Waals surface area contributed by atoms with Crippen molar-refractivity contribution in [3.8, 4) is 22.4 Å². The number of anilines is 1. The Morgan fingerprint density at radius 1 is 1.04 bits per heavy atom. The van der Waals surface area contributed by atoms with Crippen molar-refractivity contribution in [3.05, 3.63) is 49.2 Å². The molecule has 0 saturated carbocycles. The maximum absolute atomic E-state index is 9.90. The third-order valence-electron chi connectivity index (χ3n) is 3.98. The van der Waals surface area contributed by atoms with E-state index in [1.165, 1.54) is 0 Å². The molecule has 0 aliphatic rings. The number of fused-ring (bicyclic) bond motifs is 1. The van der Waals surface area contributed by atoms with Crippen LogP contribution in [0.4, 0.5) is 5.82 Å². The molecule has 0 bridgehead atoms. The lowest BCUT2D eigenvalue weighted by Gasteiger charge is -2.16. The summed E-state index contributed by atoms with van der Waals surface area (Å²) in [6.07, 6.45) is 8.79. The van der Waals surface area contributed by atoms with Crippen LogP contribution in [0, 0.1) is 0 Å². The number of pyridine rings is 1. The molecule has 8 nitrogen and oxygen atoms in total. The topological polar surface area (TPSA) is 107 Å². The number of rotatable bonds is 4. The predicted octanol–water partition coefficient (Wildman–Crippen LogP) is 2.01. The number of nitrogen functional groups attached to an aromatic ring is 1. The van der Waals surface area contributed by atoms with Gasteiger partial charge in [-0.2, -0.15) is 14.7 Å². The molecular weight excluding hydrogens is 330 g/mol. The molecule has 0 radical (unpaired) electrons. The fourth-order valence-electron chi connectivity index (χ4n) is 2.82. The molecule has 4 rings (SSSR count). The van der Waals surface area contributed by atoms with E-state index in [4.69, 9.17) is 5.73 Å². The number of nitrogens with zero attached hydrogens (tertiary/aromatic N) is 6. The molecule has 0 fully saturated rings. The molecule has 0 unspecified atom stereocenters. The predicted molar refractivity (Wildman–Crippen MR) is 98.1 cm³/mol. The normalized spacial score (nSPS) is 12.0. The standard InChI is InChI=1S/C18H19N7O/c1-18(2,26)11-24-10-13(8-22-24)15-4-3-12(7-21-15)14-9-23-25-16(19)5-6-20-17(14)25/h3-10,26H,11,19H2,1-2H3. The third kappa shape index (κ3) is 3.02. The second kappa shape index (κ2) is 5.92. The van der Waals surface area contributed by atoms with Crippen molar-refractivity contribution < 1.29 is 5.11 Å². The zero-order valence-corrected chi connectivity index (χ0v) is 14.5. The highest BCUT2D eigenvalue weighted by Gasteiger charge is 2.15. The van der Waals surface area contributed by atoms with Gasteiger partial charge in [-0.15, -0.1) is 0 Å². The monoisotopic (exact) mass is 349 g/mol. The minimum Gasteiger partial charge on any atom is -0.389 e. The lowest BCUT2D eigenvalue weighted by Crippen LogP contribution is -2.26. The molecule has 4 aromatic heterocycles. The number of nitrogens with two attached hydrogens (primary N) is 1. The Labute approximate surface area is 149 Å². The minimum absolute atomic E-state index is 0.417. The fourth-order valence-corrected chi connectivity index (χ4v) is 2.82. The van der Waals surface area contributed by atoms with E-state index >= 15 is 0 Å². The van der Waals surface area contributed by atoms with Gasteiger partial charge in [0.1, 0.15) is 5.82 Å². The van der Waals surface area contributed by atoms with Gasteiger partial charge in [0.2, 0.25) is 0 Å². The fraction of sp³-hybridized carbons (Fsp3) is 0.222. The van der Waals surface area contributed by atoms with Gasteiger partial charge in [-0.3, -0.25) is 9.67 Å². The van der Waals surface area contributed by atoms with Crippen LogP contribution in [0.25, 0.3) is 28.0 Å². The Bertz CT molecular complexity index is 1060. The molecule has 3 N–H and O–H groups in total. The van der Waals surface area contributed by atoms with Crippen molar-refractivity contribution in [2.24, 2.45) is 0 Å². The van der Waals surface area contributed by atoms with Crippen molar-refractivity contribution in [2.75, 3.05) is 5.73 Å². The first-order valence-corrected chi connectivity index (χ1v) is 8.20. The molecule has 8 heteroatoms. The van der Waals surface area contributed by atoms with Gasteiger partial charge in [0.05, 0.1) is 30.2 Å². The molecule has 132 valence electrons. The number of hydrogen-bond acceptors (Lipinski definition) is 6. The number of aromatic nitrogens is 6. The second-order valence-electron chi connectivity index (χ2n) is 6.83. The zero-order chi connectivity index (χ0) is 18.3. The molecule has 0 saturated heterocycles. The van der Waals surface area contributed by atoms with Crippen LogP contribution in [0.1, 0.15) is 13.8 Å². The molecular formula is C18H19N7O. The van der Waals surface area contributed by atoms with Crippen LogP contribution in [0.2, 0.25) is 0 Å². The van der Waals surface area contributed by atoms with Crippen LogP contribution in [-0.2, 0) is 6.54 Å². The van der Waals surface area contributed by atoms with Crippen LogP contribution in [0.5, 0.6) is 0 Å². The van der Waals surface area contributed by atoms with E-state index in [2.05, 4.69) is 20.2 Å². The molecule has 4 heterocycles. The molecule has 0 spiro atoms. The summed E-state index contributed by atoms with van der Waals surface area (Å²) < 4.78 is 3.31. The highest BCUT2D eigenvalue weighted by molar-refractivity contribution is 5.78. The summed E-state index contributed by atoms with van der Waals surface area (Å²) in [6.45, 7) is 3.91. The van der Waals surface area contributed by atoms with E-state index in [0.717, 1.165) is 22.4 Å². The Hall–Kier alpha value is -3.26. The van der Waals surface area contributed by atoms with Crippen LogP contribution in [0.3, 0.4) is 0 Å². The average molecular weight is 349 g/mol. The van der Waals surface area contributed by atoms with Gasteiger partial charge in [-0.25, -0.2) is 4.98 Å². The van der Waals surface area contributed by atoms with Crippen molar-refractivity contribution in [3.63, 3.8) is 0 Å². The van der Waals surface area contributed by atoms with Crippen molar-refractivity contribution in [2.45, 2.75) is 26.0 Å². The van der Waals surface area contributed by atoms with Crippen LogP contribution < -0.4 is 5.73 Å². The van der Waals surface area contributed by atoms with Gasteiger partial charge in [0.25, 0.3) is 0 Å². The first-order chi connectivity index (χ1) is 12.4. The molecule has 0 aliphatic heterocycles. The number of aliphatic hydroxyl groups is 1. The Morgan fingerprint density at radius 2 is 1.88 bits per heavy atom. The van der Waals surface area contributed by atoms with Crippen molar-refractivity contribution >= 4 is 11.5 Å². The Morgan fingerprint density at radius 3 is 2.62 bits per heavy atom. The van der Waals surface area contributed by atoms with Crippen molar-refractivity contribution in [1.29, 1.82) is 0 Å². The van der Waals surface area contributed by atoms with Crippen molar-refractivity contribution in [1.82, 2.24) is 29.4 Å². The summed E-state index contributed by atoms with van der Waals surface area (Å²) in [4.78, 5) is 8.88. The van der Waals surface area contributed by atoms with E-state index < -0.39 is 5.60 Å². The van der Waals surface area contributed by atoms with E-state index in [-0.39, 0.29) is 0 Å². The Balaban J connectivity index is 1.64. The lowest BCUT2D eigenvalue weighted by molar-refractivity contribution is 0.0577. The highest BCUT2D eigenvalue weighted by Crippen LogP contribution is 2.26. The second-order valence-corrected chi connectivity index (χ2v) is 6.83. The first kappa shape index (κ1) is 16.2. The molecule has 0 amide bonds. The number of hydrogen-bond donors (Lipinski definition) is 2. The molecule has 0 aromatic carbocycles. The van der Waals surface area contributed by atoms with Gasteiger partial charge in [-0.1, -0.05) is 6.07 Å². The highest BCUT2D eigenvalue weighted by atomic mass is 16.3. The summed E-state index contributed by atoms with van der Waals surface area (Å²) in [7, 11) is 0. The molecule has 0 aliphatic carbocycles. The van der Waals surface area contributed by atoms with E-state index in [0.29, 0.717) is 18.0 Å². The summed E-state index contributed by atoms with van der Waals surface area (Å²) in [6, 6.07) is 5.60. The van der Waals surface area contributed by atoms with E-state index in [9.17, 15) is 5.11 Å². The molecule has 0 atom stereocenters. The van der Waals surface area contributed by atoms with Crippen LogP contribution >= 0.6 is 0 Å². The minimum atomic E-state index is -0.821. The van der Waals surface area contributed by atoms with Crippen LogP contribution in [-0.4, -0.2) is 40.1 Å². The van der Waals surface area contributed by atoms with Gasteiger partial charge in [0.15, 0.2) is 5.65 Å². The SMILES string of the molecule is CC(C)(O)Cn1cc(-c2ccc(-c3cnn4c(N)ccnc34)cn2)cn1. The summed E-state index contributed by atoms with van der Waals surface area (Å²) >= 11 is 0. The van der Waals surface area contributed by atoms with E-state index in [1.807, 2.05) is 18.3 Å². The maximum atomic E-state index is 9.90. The van der Waals surface area contributed by atoms with E-state index in [1.54, 1.807) is 53.9 Å². The van der Waals surface area contributed by atoms with Gasteiger partial charge in [-0.05, 0) is 26.0 Å². The summed E-state index contributed by atoms with van der Waals surface area (Å²) in [5.41, 5.74) is 9.26. The molecule has 26 heavy (non-hydrogen) atoms. The van der Waals surface area contributed by atoms with Gasteiger partial charge >= 0.3 is 0 Å².